The standard InChI is InChI=1S/C22H22ClNO3/c1-14-20(22(26)15-5-7-16(23)8-6-15)21-17(13-24-11-3-2-4-12-24)18(25)9-10-19(21)27-14/h5-10,25H,2-4,11-13H2,1H3. The van der Waals surface area contributed by atoms with Crippen molar-refractivity contribution in [2.24, 2.45) is 0 Å². The molecule has 1 N–H and O–H groups in total. The second-order valence-electron chi connectivity index (χ2n) is 7.14. The third kappa shape index (κ3) is 3.47. The van der Waals surface area contributed by atoms with Crippen LogP contribution in [0.3, 0.4) is 0 Å². The van der Waals surface area contributed by atoms with E-state index < -0.39 is 0 Å². The molecule has 0 radical (unpaired) electrons. The summed E-state index contributed by atoms with van der Waals surface area (Å²) in [7, 11) is 0. The van der Waals surface area contributed by atoms with E-state index in [0.717, 1.165) is 36.9 Å². The zero-order chi connectivity index (χ0) is 19.0. The Bertz CT molecular complexity index is 985. The van der Waals surface area contributed by atoms with Crippen LogP contribution in [0.2, 0.25) is 5.02 Å². The number of piperidine rings is 1. The summed E-state index contributed by atoms with van der Waals surface area (Å²) in [5, 5.41) is 11.9. The van der Waals surface area contributed by atoms with Gasteiger partial charge in [0.05, 0.1) is 5.56 Å². The molecule has 4 rings (SSSR count). The summed E-state index contributed by atoms with van der Waals surface area (Å²) < 4.78 is 5.87. The highest BCUT2D eigenvalue weighted by Gasteiger charge is 2.25. The minimum absolute atomic E-state index is 0.117. The first kappa shape index (κ1) is 18.1. The van der Waals surface area contributed by atoms with Gasteiger partial charge in [0.25, 0.3) is 0 Å². The molecule has 1 aliphatic rings. The Kier molecular flexibility index (Phi) is 4.94. The number of hydrogen-bond acceptors (Lipinski definition) is 4. The molecule has 0 bridgehead atoms. The van der Waals surface area contributed by atoms with Gasteiger partial charge in [-0.1, -0.05) is 18.0 Å². The van der Waals surface area contributed by atoms with E-state index in [1.807, 2.05) is 0 Å². The summed E-state index contributed by atoms with van der Waals surface area (Å²) in [4.78, 5) is 15.5. The topological polar surface area (TPSA) is 53.7 Å². The number of aromatic hydroxyl groups is 1. The van der Waals surface area contributed by atoms with E-state index in [1.54, 1.807) is 43.3 Å². The lowest BCUT2D eigenvalue weighted by molar-refractivity contribution is 0.103. The Morgan fingerprint density at radius 1 is 1.11 bits per heavy atom. The van der Waals surface area contributed by atoms with Crippen LogP contribution in [0.4, 0.5) is 0 Å². The van der Waals surface area contributed by atoms with Gasteiger partial charge in [-0.05, 0) is 69.3 Å². The van der Waals surface area contributed by atoms with Crippen molar-refractivity contribution < 1.29 is 14.3 Å². The van der Waals surface area contributed by atoms with Crippen LogP contribution in [-0.2, 0) is 6.54 Å². The van der Waals surface area contributed by atoms with Crippen LogP contribution in [0, 0.1) is 6.92 Å². The lowest BCUT2D eigenvalue weighted by Gasteiger charge is -2.27. The Labute approximate surface area is 163 Å². The molecule has 1 saturated heterocycles. The van der Waals surface area contributed by atoms with Gasteiger partial charge < -0.3 is 9.52 Å². The van der Waals surface area contributed by atoms with Gasteiger partial charge in [-0.3, -0.25) is 9.69 Å². The highest BCUT2D eigenvalue weighted by molar-refractivity contribution is 6.30. The number of likely N-dealkylation sites (tertiary alicyclic amines) is 1. The van der Waals surface area contributed by atoms with Gasteiger partial charge in [-0.25, -0.2) is 0 Å². The van der Waals surface area contributed by atoms with Crippen molar-refractivity contribution in [3.05, 3.63) is 63.9 Å². The quantitative estimate of drug-likeness (QED) is 0.620. The van der Waals surface area contributed by atoms with Crippen LogP contribution in [0.1, 0.15) is 46.5 Å². The molecular weight excluding hydrogens is 362 g/mol. The number of phenols is 1. The Morgan fingerprint density at radius 3 is 2.52 bits per heavy atom. The number of aryl methyl sites for hydroxylation is 1. The van der Waals surface area contributed by atoms with E-state index >= 15 is 0 Å². The zero-order valence-electron chi connectivity index (χ0n) is 15.3. The molecule has 1 fully saturated rings. The number of nitrogens with zero attached hydrogens (tertiary/aromatic N) is 1. The minimum Gasteiger partial charge on any atom is -0.508 e. The molecule has 2 heterocycles. The van der Waals surface area contributed by atoms with Gasteiger partial charge >= 0.3 is 0 Å². The predicted molar refractivity (Wildman–Crippen MR) is 107 cm³/mol. The number of carbonyl (C=O) groups excluding carboxylic acids is 1. The molecule has 27 heavy (non-hydrogen) atoms. The van der Waals surface area contributed by atoms with Crippen molar-refractivity contribution in [2.45, 2.75) is 32.7 Å². The molecule has 3 aromatic rings. The molecule has 2 aromatic carbocycles. The predicted octanol–water partition coefficient (Wildman–Crippen LogP) is 5.32. The van der Waals surface area contributed by atoms with Crippen LogP contribution in [0.5, 0.6) is 5.75 Å². The molecule has 140 valence electrons. The number of phenolic OH excluding ortho intramolecular Hbond substituents is 1. The van der Waals surface area contributed by atoms with Crippen molar-refractivity contribution in [1.82, 2.24) is 4.90 Å². The number of rotatable bonds is 4. The molecule has 4 nitrogen and oxygen atoms in total. The second kappa shape index (κ2) is 7.37. The number of hydrogen-bond donors (Lipinski definition) is 1. The molecule has 0 atom stereocenters. The first-order valence-electron chi connectivity index (χ1n) is 9.31. The van der Waals surface area contributed by atoms with Crippen molar-refractivity contribution in [3.63, 3.8) is 0 Å². The van der Waals surface area contributed by atoms with Gasteiger partial charge in [0.15, 0.2) is 5.78 Å². The second-order valence-corrected chi connectivity index (χ2v) is 7.58. The molecule has 0 amide bonds. The average Bonchev–Trinajstić information content (AvgIpc) is 3.01. The summed E-state index contributed by atoms with van der Waals surface area (Å²) in [5.74, 6) is 0.655. The average molecular weight is 384 g/mol. The monoisotopic (exact) mass is 383 g/mol. The lowest BCUT2D eigenvalue weighted by atomic mass is 9.96. The summed E-state index contributed by atoms with van der Waals surface area (Å²) in [6.45, 7) is 4.42. The number of fused-ring (bicyclic) bond motifs is 1. The van der Waals surface area contributed by atoms with E-state index in [9.17, 15) is 9.90 Å². The van der Waals surface area contributed by atoms with Crippen molar-refractivity contribution in [3.8, 4) is 5.75 Å². The number of furan rings is 1. The van der Waals surface area contributed by atoms with E-state index in [0.29, 0.717) is 34.0 Å². The van der Waals surface area contributed by atoms with Gasteiger partial charge in [0.2, 0.25) is 0 Å². The smallest absolute Gasteiger partial charge is 0.197 e. The van der Waals surface area contributed by atoms with Gasteiger partial charge in [-0.15, -0.1) is 0 Å². The number of benzene rings is 2. The fourth-order valence-corrected chi connectivity index (χ4v) is 4.01. The molecular formula is C22H22ClNO3. The normalized spacial score (nSPS) is 15.3. The van der Waals surface area contributed by atoms with Crippen LogP contribution >= 0.6 is 11.6 Å². The third-order valence-corrected chi connectivity index (χ3v) is 5.53. The first-order chi connectivity index (χ1) is 13.0. The number of halogens is 1. The largest absolute Gasteiger partial charge is 0.508 e. The van der Waals surface area contributed by atoms with E-state index in [4.69, 9.17) is 16.0 Å². The van der Waals surface area contributed by atoms with Crippen molar-refractivity contribution >= 4 is 28.4 Å². The van der Waals surface area contributed by atoms with Gasteiger partial charge in [0.1, 0.15) is 17.1 Å². The van der Waals surface area contributed by atoms with E-state index in [1.165, 1.54) is 6.42 Å². The van der Waals surface area contributed by atoms with E-state index in [-0.39, 0.29) is 11.5 Å². The maximum absolute atomic E-state index is 13.2. The Morgan fingerprint density at radius 2 is 1.81 bits per heavy atom. The summed E-state index contributed by atoms with van der Waals surface area (Å²) in [5.41, 5.74) is 2.48. The summed E-state index contributed by atoms with van der Waals surface area (Å²) in [6.07, 6.45) is 3.58. The fraction of sp³-hybridized carbons (Fsp3) is 0.318. The van der Waals surface area contributed by atoms with Crippen LogP contribution in [-0.4, -0.2) is 28.9 Å². The summed E-state index contributed by atoms with van der Waals surface area (Å²) >= 11 is 5.95. The fourth-order valence-electron chi connectivity index (χ4n) is 3.89. The minimum atomic E-state index is -0.117. The molecule has 5 heteroatoms. The van der Waals surface area contributed by atoms with E-state index in [2.05, 4.69) is 4.90 Å². The molecule has 0 aliphatic carbocycles. The number of ketones is 1. The van der Waals surface area contributed by atoms with Crippen LogP contribution in [0.15, 0.2) is 40.8 Å². The van der Waals surface area contributed by atoms with Crippen molar-refractivity contribution in [1.29, 1.82) is 0 Å². The third-order valence-electron chi connectivity index (χ3n) is 5.28. The SMILES string of the molecule is Cc1oc2ccc(O)c(CN3CCCCC3)c2c1C(=O)c1ccc(Cl)cc1. The molecule has 0 spiro atoms. The molecule has 1 aliphatic heterocycles. The maximum atomic E-state index is 13.2. The maximum Gasteiger partial charge on any atom is 0.197 e. The van der Waals surface area contributed by atoms with Gasteiger partial charge in [-0.2, -0.15) is 0 Å². The molecule has 0 saturated carbocycles. The Balaban J connectivity index is 1.82. The highest BCUT2D eigenvalue weighted by Crippen LogP contribution is 2.36. The highest BCUT2D eigenvalue weighted by atomic mass is 35.5. The first-order valence-corrected chi connectivity index (χ1v) is 9.69. The Hall–Kier alpha value is -2.30. The zero-order valence-corrected chi connectivity index (χ0v) is 16.1. The van der Waals surface area contributed by atoms with Crippen molar-refractivity contribution in [2.75, 3.05) is 13.1 Å². The van der Waals surface area contributed by atoms with Crippen LogP contribution in [0.25, 0.3) is 11.0 Å². The summed E-state index contributed by atoms with van der Waals surface area (Å²) in [6, 6.07) is 10.2. The molecule has 1 aromatic heterocycles. The molecule has 0 unspecified atom stereocenters. The van der Waals surface area contributed by atoms with Gasteiger partial charge in [0, 0.05) is 28.1 Å². The van der Waals surface area contributed by atoms with Crippen LogP contribution < -0.4 is 0 Å². The number of carbonyl (C=O) groups is 1. The lowest BCUT2D eigenvalue weighted by Crippen LogP contribution is -2.29.